The second kappa shape index (κ2) is 12.4. The van der Waals surface area contributed by atoms with E-state index in [1.54, 1.807) is 12.1 Å². The summed E-state index contributed by atoms with van der Waals surface area (Å²) in [6.07, 6.45) is -4.89. The van der Waals surface area contributed by atoms with Crippen molar-refractivity contribution in [2.45, 2.75) is 18.7 Å². The first-order chi connectivity index (χ1) is 18.6. The minimum absolute atomic E-state index is 0.0595. The smallest absolute Gasteiger partial charge is 0.429 e. The van der Waals surface area contributed by atoms with Gasteiger partial charge < -0.3 is 14.6 Å². The number of benzene rings is 3. The van der Waals surface area contributed by atoms with Gasteiger partial charge in [-0.3, -0.25) is 9.69 Å². The van der Waals surface area contributed by atoms with E-state index in [0.29, 0.717) is 12.0 Å². The number of aliphatic hydroxyl groups is 1. The molecule has 0 aromatic heterocycles. The summed E-state index contributed by atoms with van der Waals surface area (Å²) in [5.74, 6) is -0.651. The standard InChI is InChI=1S/C29H24F3NO4S2/c1-19(34)18-33-27(35)25(39-28(33)38)17-21-12-13-23(36-15-14-20-8-4-2-5-9-20)24(16-21)37-26(29(30,31)32)22-10-6-3-7-11-22/h2-13,16-17,26,34H,1,14-15,18H2/b25-17-. The molecule has 202 valence electrons. The highest BCUT2D eigenvalue weighted by atomic mass is 32.2. The van der Waals surface area contributed by atoms with Crippen LogP contribution in [0.5, 0.6) is 11.5 Å². The van der Waals surface area contributed by atoms with Crippen LogP contribution in [0.15, 0.2) is 96.1 Å². The fraction of sp³-hybridized carbons (Fsp3) is 0.172. The largest absolute Gasteiger partial charge is 0.511 e. The second-order valence-electron chi connectivity index (χ2n) is 8.57. The molecule has 1 aliphatic heterocycles. The van der Waals surface area contributed by atoms with Gasteiger partial charge in [0.05, 0.1) is 18.1 Å². The van der Waals surface area contributed by atoms with Gasteiger partial charge in [-0.15, -0.1) is 0 Å². The molecule has 1 amide bonds. The third-order valence-electron chi connectivity index (χ3n) is 5.62. The number of carbonyl (C=O) groups is 1. The minimum atomic E-state index is -4.70. The topological polar surface area (TPSA) is 59.0 Å². The van der Waals surface area contributed by atoms with Gasteiger partial charge in [0.1, 0.15) is 10.1 Å². The molecule has 10 heteroatoms. The highest BCUT2D eigenvalue weighted by Crippen LogP contribution is 2.41. The van der Waals surface area contributed by atoms with Crippen molar-refractivity contribution in [3.63, 3.8) is 0 Å². The number of thiocarbonyl (C=S) groups is 1. The molecule has 1 unspecified atom stereocenters. The summed E-state index contributed by atoms with van der Waals surface area (Å²) in [5.41, 5.74) is 1.37. The van der Waals surface area contributed by atoms with Crippen LogP contribution in [0.4, 0.5) is 13.2 Å². The molecule has 4 rings (SSSR count). The molecule has 39 heavy (non-hydrogen) atoms. The molecular formula is C29H24F3NO4S2. The van der Waals surface area contributed by atoms with Crippen molar-refractivity contribution in [2.24, 2.45) is 0 Å². The Balaban J connectivity index is 1.65. The lowest BCUT2D eigenvalue weighted by molar-refractivity contribution is -0.198. The maximum Gasteiger partial charge on any atom is 0.429 e. The van der Waals surface area contributed by atoms with Gasteiger partial charge in [-0.25, -0.2) is 0 Å². The zero-order valence-electron chi connectivity index (χ0n) is 20.6. The predicted molar refractivity (Wildman–Crippen MR) is 150 cm³/mol. The van der Waals surface area contributed by atoms with Gasteiger partial charge in [-0.1, -0.05) is 97.3 Å². The first-order valence-electron chi connectivity index (χ1n) is 11.8. The zero-order valence-corrected chi connectivity index (χ0v) is 22.2. The number of halogens is 3. The molecule has 0 bridgehead atoms. The van der Waals surface area contributed by atoms with Gasteiger partial charge in [-0.2, -0.15) is 13.2 Å². The molecule has 1 atom stereocenters. The zero-order chi connectivity index (χ0) is 28.0. The van der Waals surface area contributed by atoms with Crippen LogP contribution < -0.4 is 9.47 Å². The lowest BCUT2D eigenvalue weighted by Crippen LogP contribution is -2.29. The summed E-state index contributed by atoms with van der Waals surface area (Å²) in [6, 6.07) is 21.4. The summed E-state index contributed by atoms with van der Waals surface area (Å²) < 4.78 is 54.0. The van der Waals surface area contributed by atoms with Gasteiger partial charge in [0.15, 0.2) is 11.5 Å². The number of nitrogens with zero attached hydrogens (tertiary/aromatic N) is 1. The highest BCUT2D eigenvalue weighted by molar-refractivity contribution is 8.26. The van der Waals surface area contributed by atoms with Crippen LogP contribution in [0, 0.1) is 0 Å². The minimum Gasteiger partial charge on any atom is -0.511 e. The van der Waals surface area contributed by atoms with Crippen LogP contribution in [-0.2, 0) is 11.2 Å². The SMILES string of the molecule is C=C(O)CN1C(=O)/C(=C/c2ccc(OCCc3ccccc3)c(OC(c3ccccc3)C(F)(F)F)c2)SC1=S. The van der Waals surface area contributed by atoms with Crippen LogP contribution in [0.3, 0.4) is 0 Å². The molecule has 0 radical (unpaired) electrons. The van der Waals surface area contributed by atoms with Crippen molar-refractivity contribution in [1.29, 1.82) is 0 Å². The molecule has 0 aliphatic carbocycles. The van der Waals surface area contributed by atoms with E-state index < -0.39 is 18.2 Å². The fourth-order valence-corrected chi connectivity index (χ4v) is 5.05. The molecule has 3 aromatic carbocycles. The maximum absolute atomic E-state index is 14.1. The molecular weight excluding hydrogens is 547 g/mol. The van der Waals surface area contributed by atoms with Crippen LogP contribution >= 0.6 is 24.0 Å². The van der Waals surface area contributed by atoms with E-state index in [2.05, 4.69) is 6.58 Å². The van der Waals surface area contributed by atoms with Gasteiger partial charge in [0.2, 0.25) is 6.10 Å². The number of alkyl halides is 3. The Morgan fingerprint density at radius 1 is 1.05 bits per heavy atom. The van der Waals surface area contributed by atoms with E-state index in [0.717, 1.165) is 17.3 Å². The summed E-state index contributed by atoms with van der Waals surface area (Å²) in [4.78, 5) is 14.2. The van der Waals surface area contributed by atoms with Crippen molar-refractivity contribution in [3.05, 3.63) is 113 Å². The quantitative estimate of drug-likeness (QED) is 0.157. The number of thioether (sulfide) groups is 1. The van der Waals surface area contributed by atoms with Gasteiger partial charge in [0, 0.05) is 12.0 Å². The van der Waals surface area contributed by atoms with Crippen molar-refractivity contribution < 1.29 is 32.5 Å². The number of ether oxygens (including phenoxy) is 2. The van der Waals surface area contributed by atoms with Crippen molar-refractivity contribution in [3.8, 4) is 11.5 Å². The number of carbonyl (C=O) groups excluding carboxylic acids is 1. The van der Waals surface area contributed by atoms with E-state index in [9.17, 15) is 23.1 Å². The number of aliphatic hydroxyl groups excluding tert-OH is 1. The van der Waals surface area contributed by atoms with Crippen molar-refractivity contribution >= 4 is 40.3 Å². The lowest BCUT2D eigenvalue weighted by atomic mass is 10.1. The average Bonchev–Trinajstić information content (AvgIpc) is 3.15. The van der Waals surface area contributed by atoms with Gasteiger partial charge >= 0.3 is 6.18 Å². The van der Waals surface area contributed by atoms with E-state index in [4.69, 9.17) is 21.7 Å². The molecule has 0 spiro atoms. The monoisotopic (exact) mass is 571 g/mol. The van der Waals surface area contributed by atoms with E-state index in [-0.39, 0.29) is 45.2 Å². The number of hydrogen-bond donors (Lipinski definition) is 1. The Hall–Kier alpha value is -3.76. The Bertz CT molecular complexity index is 1380. The highest BCUT2D eigenvalue weighted by Gasteiger charge is 2.43. The van der Waals surface area contributed by atoms with Gasteiger partial charge in [-0.05, 0) is 29.3 Å². The Morgan fingerprint density at radius 3 is 2.36 bits per heavy atom. The molecule has 1 N–H and O–H groups in total. The second-order valence-corrected chi connectivity index (χ2v) is 10.3. The third-order valence-corrected chi connectivity index (χ3v) is 6.99. The maximum atomic E-state index is 14.1. The first-order valence-corrected chi connectivity index (χ1v) is 13.1. The summed E-state index contributed by atoms with van der Waals surface area (Å²) in [6.45, 7) is 3.45. The lowest BCUT2D eigenvalue weighted by Gasteiger charge is -2.24. The molecule has 0 saturated carbocycles. The number of amides is 1. The van der Waals surface area contributed by atoms with Gasteiger partial charge in [0.25, 0.3) is 5.91 Å². The molecule has 1 aliphatic rings. The number of hydrogen-bond acceptors (Lipinski definition) is 6. The molecule has 1 fully saturated rings. The van der Waals surface area contributed by atoms with E-state index in [1.807, 2.05) is 30.3 Å². The van der Waals surface area contributed by atoms with Crippen LogP contribution in [0.2, 0.25) is 0 Å². The summed E-state index contributed by atoms with van der Waals surface area (Å²) in [5, 5.41) is 9.48. The first kappa shape index (κ1) is 28.3. The normalized spacial score (nSPS) is 15.5. The molecule has 5 nitrogen and oxygen atoms in total. The molecule has 1 heterocycles. The Labute approximate surface area is 233 Å². The van der Waals surface area contributed by atoms with Crippen LogP contribution in [-0.4, -0.2) is 39.6 Å². The summed E-state index contributed by atoms with van der Waals surface area (Å²) in [7, 11) is 0. The number of rotatable bonds is 10. The Kier molecular flexibility index (Phi) is 8.98. The molecule has 1 saturated heterocycles. The molecule has 3 aromatic rings. The summed E-state index contributed by atoms with van der Waals surface area (Å²) >= 11 is 6.24. The van der Waals surface area contributed by atoms with Crippen LogP contribution in [0.25, 0.3) is 6.08 Å². The Morgan fingerprint density at radius 2 is 1.72 bits per heavy atom. The van der Waals surface area contributed by atoms with Crippen LogP contribution in [0.1, 0.15) is 22.8 Å². The van der Waals surface area contributed by atoms with Crippen molar-refractivity contribution in [1.82, 2.24) is 4.90 Å². The predicted octanol–water partition coefficient (Wildman–Crippen LogP) is 7.26. The van der Waals surface area contributed by atoms with E-state index >= 15 is 0 Å². The average molecular weight is 572 g/mol. The fourth-order valence-electron chi connectivity index (χ4n) is 3.80. The van der Waals surface area contributed by atoms with E-state index in [1.165, 1.54) is 47.4 Å². The third kappa shape index (κ3) is 7.42. The van der Waals surface area contributed by atoms with Crippen molar-refractivity contribution in [2.75, 3.05) is 13.2 Å².